The van der Waals surface area contributed by atoms with Crippen LogP contribution in [0.15, 0.2) is 72.1 Å². The second-order valence-electron chi connectivity index (χ2n) is 9.38. The monoisotopic (exact) mass is 514 g/mol. The predicted molar refractivity (Wildman–Crippen MR) is 145 cm³/mol. The summed E-state index contributed by atoms with van der Waals surface area (Å²) in [6.07, 6.45) is 5.93. The Morgan fingerprint density at radius 1 is 1.03 bits per heavy atom. The molecule has 37 heavy (non-hydrogen) atoms. The molecule has 0 amide bonds. The Balaban J connectivity index is 1.17. The molecule has 0 saturated carbocycles. The Bertz CT molecular complexity index is 1440. The van der Waals surface area contributed by atoms with E-state index in [4.69, 9.17) is 26.1 Å². The molecule has 0 atom stereocenters. The lowest BCUT2D eigenvalue weighted by Gasteiger charge is -2.32. The van der Waals surface area contributed by atoms with E-state index in [2.05, 4.69) is 37.7 Å². The van der Waals surface area contributed by atoms with Crippen LogP contribution >= 0.6 is 11.6 Å². The first-order valence-electron chi connectivity index (χ1n) is 12.4. The van der Waals surface area contributed by atoms with Crippen LogP contribution in [0.2, 0.25) is 5.02 Å². The number of halogens is 1. The predicted octanol–water partition coefficient (Wildman–Crippen LogP) is 5.09. The van der Waals surface area contributed by atoms with Gasteiger partial charge in [-0.05, 0) is 61.1 Å². The van der Waals surface area contributed by atoms with E-state index in [9.17, 15) is 0 Å². The molecule has 8 nitrogen and oxygen atoms in total. The highest BCUT2D eigenvalue weighted by Gasteiger charge is 2.38. The van der Waals surface area contributed by atoms with Crippen molar-refractivity contribution in [1.29, 1.82) is 0 Å². The van der Waals surface area contributed by atoms with E-state index in [1.165, 1.54) is 0 Å². The van der Waals surface area contributed by atoms with E-state index < -0.39 is 0 Å². The van der Waals surface area contributed by atoms with Crippen LogP contribution in [-0.2, 0) is 17.8 Å². The van der Waals surface area contributed by atoms with Crippen molar-refractivity contribution in [3.8, 4) is 5.75 Å². The van der Waals surface area contributed by atoms with E-state index >= 15 is 0 Å². The smallest absolute Gasteiger partial charge is 0.188 e. The van der Waals surface area contributed by atoms with Crippen LogP contribution in [0.1, 0.15) is 24.1 Å². The third kappa shape index (κ3) is 5.35. The second kappa shape index (κ2) is 10.3. The summed E-state index contributed by atoms with van der Waals surface area (Å²) < 4.78 is 12.2. The third-order valence-corrected chi connectivity index (χ3v) is 7.04. The highest BCUT2D eigenvalue weighted by Crippen LogP contribution is 2.32. The highest BCUT2D eigenvalue weighted by molar-refractivity contribution is 6.32. The largest absolute Gasteiger partial charge is 0.486 e. The summed E-state index contributed by atoms with van der Waals surface area (Å²) in [7, 11) is 0. The van der Waals surface area contributed by atoms with Crippen LogP contribution in [0.3, 0.4) is 0 Å². The van der Waals surface area contributed by atoms with Crippen molar-refractivity contribution in [3.05, 3.63) is 83.4 Å². The molecule has 0 bridgehead atoms. The fourth-order valence-electron chi connectivity index (χ4n) is 4.74. The van der Waals surface area contributed by atoms with Gasteiger partial charge < -0.3 is 20.1 Å². The SMILES string of the molecule is Clc1cc(Nc2ncnc3ccc(CC4=NCC5(CCNCC5)O4)cc23)ccc1OCc1ccccn1. The minimum absolute atomic E-state index is 0.125. The molecule has 4 aromatic rings. The molecule has 0 radical (unpaired) electrons. The molecule has 4 heterocycles. The minimum Gasteiger partial charge on any atom is -0.486 e. The number of benzene rings is 2. The molecule has 9 heteroatoms. The van der Waals surface area contributed by atoms with Gasteiger partial charge in [-0.3, -0.25) is 9.98 Å². The van der Waals surface area contributed by atoms with Gasteiger partial charge in [-0.2, -0.15) is 0 Å². The number of aromatic nitrogens is 3. The van der Waals surface area contributed by atoms with Crippen LogP contribution < -0.4 is 15.4 Å². The van der Waals surface area contributed by atoms with Gasteiger partial charge >= 0.3 is 0 Å². The average Bonchev–Trinajstić information content (AvgIpc) is 3.30. The number of piperidine rings is 1. The van der Waals surface area contributed by atoms with Crippen molar-refractivity contribution in [2.75, 3.05) is 25.0 Å². The van der Waals surface area contributed by atoms with Gasteiger partial charge in [0.25, 0.3) is 0 Å². The lowest BCUT2D eigenvalue weighted by molar-refractivity contribution is 0.0519. The molecule has 2 aliphatic rings. The average molecular weight is 515 g/mol. The van der Waals surface area contributed by atoms with Crippen LogP contribution in [0.5, 0.6) is 5.75 Å². The first-order chi connectivity index (χ1) is 18.2. The molecule has 2 N–H and O–H groups in total. The molecule has 2 aliphatic heterocycles. The van der Waals surface area contributed by atoms with Gasteiger partial charge in [0.1, 0.15) is 30.1 Å². The number of rotatable bonds is 7. The van der Waals surface area contributed by atoms with Gasteiger partial charge in [-0.15, -0.1) is 0 Å². The maximum atomic E-state index is 6.51. The minimum atomic E-state index is -0.125. The quantitative estimate of drug-likeness (QED) is 0.354. The summed E-state index contributed by atoms with van der Waals surface area (Å²) in [6.45, 7) is 3.05. The van der Waals surface area contributed by atoms with Crippen LogP contribution in [0, 0.1) is 0 Å². The molecule has 0 unspecified atom stereocenters. The molecule has 0 aliphatic carbocycles. The van der Waals surface area contributed by atoms with Gasteiger partial charge in [0.15, 0.2) is 5.90 Å². The Labute approximate surface area is 220 Å². The third-order valence-electron chi connectivity index (χ3n) is 6.74. The summed E-state index contributed by atoms with van der Waals surface area (Å²) >= 11 is 6.51. The van der Waals surface area contributed by atoms with Crippen LogP contribution in [0.4, 0.5) is 11.5 Å². The van der Waals surface area contributed by atoms with Crippen molar-refractivity contribution in [3.63, 3.8) is 0 Å². The van der Waals surface area contributed by atoms with E-state index in [0.717, 1.165) is 66.2 Å². The molecule has 2 aromatic heterocycles. The van der Waals surface area contributed by atoms with Gasteiger partial charge in [0.2, 0.25) is 0 Å². The number of hydrogen-bond acceptors (Lipinski definition) is 8. The first kappa shape index (κ1) is 23.6. The zero-order valence-corrected chi connectivity index (χ0v) is 21.0. The normalized spacial score (nSPS) is 16.4. The summed E-state index contributed by atoms with van der Waals surface area (Å²) in [6, 6.07) is 17.5. The van der Waals surface area contributed by atoms with Crippen LogP contribution in [-0.4, -0.2) is 46.1 Å². The summed E-state index contributed by atoms with van der Waals surface area (Å²) in [5, 5.41) is 8.20. The second-order valence-corrected chi connectivity index (χ2v) is 9.78. The fraction of sp³-hybridized carbons (Fsp3) is 0.286. The number of fused-ring (bicyclic) bond motifs is 1. The Morgan fingerprint density at radius 2 is 1.95 bits per heavy atom. The zero-order valence-electron chi connectivity index (χ0n) is 20.3. The standard InChI is InChI=1S/C28H27ClN6O2/c29-23-15-20(5-7-25(23)36-16-21-3-1-2-10-31-21)35-27-22-13-19(4-6-24(22)33-18-34-27)14-26-32-17-28(37-26)8-11-30-12-9-28/h1-7,10,13,15,18,30H,8-9,11-12,14,16-17H2,(H,33,34,35). The van der Waals surface area contributed by atoms with E-state index in [-0.39, 0.29) is 5.60 Å². The first-order valence-corrected chi connectivity index (χ1v) is 12.8. The number of nitrogens with zero attached hydrogens (tertiary/aromatic N) is 4. The van der Waals surface area contributed by atoms with Crippen LogP contribution in [0.25, 0.3) is 10.9 Å². The van der Waals surface area contributed by atoms with Crippen molar-refractivity contribution in [2.45, 2.75) is 31.5 Å². The van der Waals surface area contributed by atoms with Crippen molar-refractivity contribution < 1.29 is 9.47 Å². The maximum absolute atomic E-state index is 6.51. The molecule has 2 aromatic carbocycles. The number of anilines is 2. The van der Waals surface area contributed by atoms with Gasteiger partial charge in [0.05, 0.1) is 22.8 Å². The Morgan fingerprint density at radius 3 is 2.78 bits per heavy atom. The lowest BCUT2D eigenvalue weighted by Crippen LogP contribution is -2.44. The highest BCUT2D eigenvalue weighted by atomic mass is 35.5. The molecule has 1 fully saturated rings. The Hall–Kier alpha value is -3.75. The topological polar surface area (TPSA) is 93.6 Å². The van der Waals surface area contributed by atoms with Crippen molar-refractivity contribution in [2.24, 2.45) is 4.99 Å². The molecule has 1 spiro atoms. The van der Waals surface area contributed by atoms with Gasteiger partial charge in [-0.25, -0.2) is 9.97 Å². The van der Waals surface area contributed by atoms with Crippen molar-refractivity contribution in [1.82, 2.24) is 20.3 Å². The van der Waals surface area contributed by atoms with Gasteiger partial charge in [-0.1, -0.05) is 23.7 Å². The fourth-order valence-corrected chi connectivity index (χ4v) is 4.97. The molecular formula is C28H27ClN6O2. The summed E-state index contributed by atoms with van der Waals surface area (Å²) in [5.74, 6) is 2.10. The van der Waals surface area contributed by atoms with Gasteiger partial charge in [0, 0.05) is 36.5 Å². The number of ether oxygens (including phenoxy) is 2. The van der Waals surface area contributed by atoms with E-state index in [0.29, 0.717) is 29.6 Å². The molecule has 1 saturated heterocycles. The zero-order chi connectivity index (χ0) is 25.1. The van der Waals surface area contributed by atoms with E-state index in [1.54, 1.807) is 12.5 Å². The number of pyridine rings is 1. The Kier molecular flexibility index (Phi) is 6.59. The molecule has 6 rings (SSSR count). The summed E-state index contributed by atoms with van der Waals surface area (Å²) in [4.78, 5) is 17.9. The number of aliphatic imine (C=N–C) groups is 1. The van der Waals surface area contributed by atoms with Crippen molar-refractivity contribution >= 4 is 39.9 Å². The molecule has 188 valence electrons. The molecular weight excluding hydrogens is 488 g/mol. The lowest BCUT2D eigenvalue weighted by atomic mass is 9.93. The van der Waals surface area contributed by atoms with E-state index in [1.807, 2.05) is 42.5 Å². The number of hydrogen-bond donors (Lipinski definition) is 2. The maximum Gasteiger partial charge on any atom is 0.188 e. The summed E-state index contributed by atoms with van der Waals surface area (Å²) in [5.41, 5.74) is 3.47. The number of nitrogens with one attached hydrogen (secondary N) is 2.